The molecule has 1 radical (unpaired) electrons. The van der Waals surface area contributed by atoms with E-state index < -0.39 is 16.4 Å². The lowest BCUT2D eigenvalue weighted by atomic mass is 10.7. The van der Waals surface area contributed by atoms with E-state index in [1.54, 1.807) is 0 Å². The van der Waals surface area contributed by atoms with Crippen molar-refractivity contribution in [2.24, 2.45) is 0 Å². The second-order valence-electron chi connectivity index (χ2n) is 0.983. The zero-order valence-corrected chi connectivity index (χ0v) is 3.81. The number of hydrogen-bond donors (Lipinski definition) is 0. The number of nitro groups is 2. The topological polar surface area (TPSA) is 86.3 Å². The Hall–Kier alpha value is -1.20. The molecule has 0 heterocycles. The van der Waals surface area contributed by atoms with E-state index in [9.17, 15) is 20.2 Å². The maximum Gasteiger partial charge on any atom is 0.348 e. The fraction of sp³-hybridized carbons (Fsp3) is 0.500. The summed E-state index contributed by atoms with van der Waals surface area (Å²) in [5, 5.41) is 18.7. The highest BCUT2D eigenvalue weighted by Crippen LogP contribution is 1.76. The fourth-order valence-corrected chi connectivity index (χ4v) is 0.133. The molecule has 0 spiro atoms. The van der Waals surface area contributed by atoms with Gasteiger partial charge >= 0.3 is 6.54 Å². The third-order valence-corrected chi connectivity index (χ3v) is 0.380. The van der Waals surface area contributed by atoms with Gasteiger partial charge in [0.2, 0.25) is 0 Å². The van der Waals surface area contributed by atoms with Crippen LogP contribution in [0.25, 0.3) is 0 Å². The molecule has 0 aliphatic carbocycles. The summed E-state index contributed by atoms with van der Waals surface area (Å²) in [7, 11) is 0. The number of rotatable bonds is 3. The molecule has 0 atom stereocenters. The molecular formula is C2H3N2O4. The van der Waals surface area contributed by atoms with Crippen molar-refractivity contribution in [3.63, 3.8) is 0 Å². The summed E-state index contributed by atoms with van der Waals surface area (Å²) in [6, 6.07) is 0. The second kappa shape index (κ2) is 2.89. The Morgan fingerprint density at radius 2 is 1.88 bits per heavy atom. The highest BCUT2D eigenvalue weighted by Gasteiger charge is 2.05. The summed E-state index contributed by atoms with van der Waals surface area (Å²) < 4.78 is 0. The summed E-state index contributed by atoms with van der Waals surface area (Å²) in [6.45, 7) is -0.326. The van der Waals surface area contributed by atoms with Gasteiger partial charge in [0.15, 0.2) is 0 Å². The summed E-state index contributed by atoms with van der Waals surface area (Å²) >= 11 is 0. The van der Waals surface area contributed by atoms with Crippen LogP contribution in [-0.2, 0) is 0 Å². The van der Waals surface area contributed by atoms with Crippen molar-refractivity contribution in [2.45, 2.75) is 0 Å². The van der Waals surface area contributed by atoms with Gasteiger partial charge in [0.05, 0.1) is 0 Å². The Labute approximate surface area is 44.4 Å². The van der Waals surface area contributed by atoms with Crippen molar-refractivity contribution in [3.8, 4) is 0 Å². The van der Waals surface area contributed by atoms with Gasteiger partial charge in [-0.15, -0.1) is 0 Å². The smallest absolute Gasteiger partial charge is 0.264 e. The minimum absolute atomic E-state index is 0.389. The molecule has 0 rings (SSSR count). The molecule has 0 aromatic rings. The van der Waals surface area contributed by atoms with Gasteiger partial charge in [0.25, 0.3) is 6.54 Å². The van der Waals surface area contributed by atoms with Crippen molar-refractivity contribution < 1.29 is 9.85 Å². The standard InChI is InChI=1S/C2H3N2O4/c5-3(6)1-2-4(7)8/h1H,2H2. The lowest BCUT2D eigenvalue weighted by molar-refractivity contribution is -0.525. The van der Waals surface area contributed by atoms with Crippen molar-refractivity contribution in [1.82, 2.24) is 0 Å². The molecule has 0 N–H and O–H groups in total. The molecule has 45 valence electrons. The van der Waals surface area contributed by atoms with E-state index in [0.717, 1.165) is 0 Å². The molecule has 0 saturated carbocycles. The van der Waals surface area contributed by atoms with Crippen LogP contribution in [0.5, 0.6) is 0 Å². The highest BCUT2D eigenvalue weighted by atomic mass is 16.6. The van der Waals surface area contributed by atoms with Crippen LogP contribution in [0.4, 0.5) is 0 Å². The van der Waals surface area contributed by atoms with Crippen LogP contribution in [0.3, 0.4) is 0 Å². The van der Waals surface area contributed by atoms with E-state index in [2.05, 4.69) is 0 Å². The quantitative estimate of drug-likeness (QED) is 0.377. The normalized spacial score (nSPS) is 8.50. The Kier molecular flexibility index (Phi) is 2.46. The molecule has 0 amide bonds. The van der Waals surface area contributed by atoms with Crippen LogP contribution < -0.4 is 0 Å². The number of nitrogens with zero attached hydrogens (tertiary/aromatic N) is 2. The highest BCUT2D eigenvalue weighted by molar-refractivity contribution is 4.40. The predicted octanol–water partition coefficient (Wildman–Crippen LogP) is -0.298. The Bertz CT molecular complexity index is 96.6. The monoisotopic (exact) mass is 119 g/mol. The Morgan fingerprint density at radius 3 is 2.00 bits per heavy atom. The average molecular weight is 119 g/mol. The van der Waals surface area contributed by atoms with Crippen molar-refractivity contribution >= 4 is 0 Å². The maximum absolute atomic E-state index is 9.37. The van der Waals surface area contributed by atoms with E-state index in [0.29, 0.717) is 6.54 Å². The van der Waals surface area contributed by atoms with Gasteiger partial charge in [-0.05, 0) is 0 Å². The molecule has 8 heavy (non-hydrogen) atoms. The zero-order valence-electron chi connectivity index (χ0n) is 3.81. The summed E-state index contributed by atoms with van der Waals surface area (Å²) in [5.41, 5.74) is 0. The maximum atomic E-state index is 9.37. The van der Waals surface area contributed by atoms with E-state index in [1.165, 1.54) is 0 Å². The van der Waals surface area contributed by atoms with Crippen LogP contribution >= 0.6 is 0 Å². The van der Waals surface area contributed by atoms with Gasteiger partial charge < -0.3 is 0 Å². The van der Waals surface area contributed by atoms with Crippen LogP contribution in [0, 0.1) is 26.8 Å². The zero-order chi connectivity index (χ0) is 6.57. The van der Waals surface area contributed by atoms with Gasteiger partial charge in [-0.1, -0.05) is 0 Å². The molecule has 0 aromatic carbocycles. The van der Waals surface area contributed by atoms with Gasteiger partial charge in [0, 0.05) is 9.85 Å². The first-order chi connectivity index (χ1) is 3.63. The largest absolute Gasteiger partial charge is 0.348 e. The van der Waals surface area contributed by atoms with E-state index in [1.807, 2.05) is 0 Å². The second-order valence-corrected chi connectivity index (χ2v) is 0.983. The lowest BCUT2D eigenvalue weighted by Gasteiger charge is -1.82. The summed E-state index contributed by atoms with van der Waals surface area (Å²) in [4.78, 5) is 17.1. The minimum atomic E-state index is -0.844. The SMILES string of the molecule is O=[N+]([O-])[CH]C[N+](=O)[O-]. The molecular weight excluding hydrogens is 116 g/mol. The van der Waals surface area contributed by atoms with Crippen molar-refractivity contribution in [2.75, 3.05) is 6.54 Å². The molecule has 0 fully saturated rings. The first kappa shape index (κ1) is 6.80. The Balaban J connectivity index is 3.18. The third kappa shape index (κ3) is 4.80. The van der Waals surface area contributed by atoms with Gasteiger partial charge in [0.1, 0.15) is 0 Å². The fourth-order valence-electron chi connectivity index (χ4n) is 0.133. The van der Waals surface area contributed by atoms with Gasteiger partial charge in [-0.25, -0.2) is 0 Å². The van der Waals surface area contributed by atoms with Crippen LogP contribution in [-0.4, -0.2) is 16.4 Å². The molecule has 6 heteroatoms. The molecule has 0 unspecified atom stereocenters. The molecule has 0 aromatic heterocycles. The van der Waals surface area contributed by atoms with Gasteiger partial charge in [-0.3, -0.25) is 20.2 Å². The van der Waals surface area contributed by atoms with Crippen molar-refractivity contribution in [3.05, 3.63) is 26.8 Å². The first-order valence-corrected chi connectivity index (χ1v) is 1.71. The van der Waals surface area contributed by atoms with Crippen molar-refractivity contribution in [1.29, 1.82) is 0 Å². The first-order valence-electron chi connectivity index (χ1n) is 1.71. The van der Waals surface area contributed by atoms with Crippen LogP contribution in [0.2, 0.25) is 0 Å². The summed E-state index contributed by atoms with van der Waals surface area (Å²) in [5.74, 6) is 0. The van der Waals surface area contributed by atoms with Crippen LogP contribution in [0.1, 0.15) is 0 Å². The number of hydrogen-bond acceptors (Lipinski definition) is 4. The molecule has 0 bridgehead atoms. The average Bonchev–Trinajstić information content (AvgIpc) is 1.61. The third-order valence-electron chi connectivity index (χ3n) is 0.380. The van der Waals surface area contributed by atoms with Crippen LogP contribution in [0.15, 0.2) is 0 Å². The molecule has 0 aliphatic rings. The molecule has 0 aliphatic heterocycles. The lowest BCUT2D eigenvalue weighted by Crippen LogP contribution is -2.06. The minimum Gasteiger partial charge on any atom is -0.264 e. The molecule has 0 saturated heterocycles. The molecule has 6 nitrogen and oxygen atoms in total. The van der Waals surface area contributed by atoms with E-state index in [4.69, 9.17) is 0 Å². The van der Waals surface area contributed by atoms with E-state index >= 15 is 0 Å². The van der Waals surface area contributed by atoms with Gasteiger partial charge in [-0.2, -0.15) is 0 Å². The summed E-state index contributed by atoms with van der Waals surface area (Å²) in [6.07, 6.45) is 0. The Morgan fingerprint density at radius 1 is 1.38 bits per heavy atom. The predicted molar refractivity (Wildman–Crippen MR) is 23.2 cm³/mol. The van der Waals surface area contributed by atoms with E-state index in [-0.39, 0.29) is 0 Å².